The average molecular weight is 505 g/mol. The summed E-state index contributed by atoms with van der Waals surface area (Å²) in [7, 11) is 0. The predicted molar refractivity (Wildman–Crippen MR) is 149 cm³/mol. The summed E-state index contributed by atoms with van der Waals surface area (Å²) >= 11 is 0. The van der Waals surface area contributed by atoms with E-state index in [-0.39, 0.29) is 18.5 Å². The maximum atomic E-state index is 12.4. The largest absolute Gasteiger partial charge is 0.481 e. The van der Waals surface area contributed by atoms with Gasteiger partial charge in [-0.25, -0.2) is 0 Å². The van der Waals surface area contributed by atoms with E-state index in [9.17, 15) is 14.7 Å². The molecule has 0 saturated heterocycles. The van der Waals surface area contributed by atoms with Gasteiger partial charge in [0.1, 0.15) is 6.10 Å². The fraction of sp³-hybridized carbons (Fsp3) is 0.875. The standard InChI is InChI=1S/C32H56O4/c1-2-3-4-5-6-7-8-9-10-11-12-13-14-15-16-17-22-29(32(34)35)26-31(33)36-30-24-23-27-20-18-19-21-28(27)25-30/h16-17,27-30H,2-15,18-26H2,1H3,(H,34,35). The van der Waals surface area contributed by atoms with Crippen molar-refractivity contribution in [3.05, 3.63) is 12.2 Å². The van der Waals surface area contributed by atoms with E-state index in [1.54, 1.807) is 0 Å². The van der Waals surface area contributed by atoms with Crippen LogP contribution in [0.2, 0.25) is 0 Å². The molecule has 2 aliphatic rings. The fourth-order valence-electron chi connectivity index (χ4n) is 6.30. The van der Waals surface area contributed by atoms with Gasteiger partial charge in [0.2, 0.25) is 0 Å². The van der Waals surface area contributed by atoms with Crippen molar-refractivity contribution in [3.8, 4) is 0 Å². The Balaban J connectivity index is 1.46. The molecular weight excluding hydrogens is 448 g/mol. The minimum atomic E-state index is -0.895. The quantitative estimate of drug-likeness (QED) is 0.102. The van der Waals surface area contributed by atoms with Gasteiger partial charge in [-0.3, -0.25) is 9.59 Å². The van der Waals surface area contributed by atoms with Gasteiger partial charge in [-0.2, -0.15) is 0 Å². The summed E-state index contributed by atoms with van der Waals surface area (Å²) in [6.45, 7) is 2.27. The molecule has 4 nitrogen and oxygen atoms in total. The Morgan fingerprint density at radius 1 is 0.778 bits per heavy atom. The van der Waals surface area contributed by atoms with E-state index in [1.165, 1.54) is 103 Å². The first-order chi connectivity index (χ1) is 17.6. The molecule has 0 radical (unpaired) electrons. The minimum absolute atomic E-state index is 0.00242. The number of carboxylic acids is 1. The van der Waals surface area contributed by atoms with Crippen LogP contribution in [-0.4, -0.2) is 23.1 Å². The van der Waals surface area contributed by atoms with E-state index < -0.39 is 11.9 Å². The number of aliphatic carboxylic acids is 1. The summed E-state index contributed by atoms with van der Waals surface area (Å²) in [5.41, 5.74) is 0. The fourth-order valence-corrected chi connectivity index (χ4v) is 6.30. The number of hydrogen-bond acceptors (Lipinski definition) is 3. The highest BCUT2D eigenvalue weighted by atomic mass is 16.5. The lowest BCUT2D eigenvalue weighted by atomic mass is 9.70. The van der Waals surface area contributed by atoms with Crippen LogP contribution in [0.25, 0.3) is 0 Å². The third-order valence-corrected chi connectivity index (χ3v) is 8.61. The van der Waals surface area contributed by atoms with Crippen molar-refractivity contribution >= 4 is 11.9 Å². The number of esters is 1. The van der Waals surface area contributed by atoms with Crippen LogP contribution < -0.4 is 0 Å². The van der Waals surface area contributed by atoms with E-state index in [1.807, 2.05) is 6.08 Å². The molecule has 0 aromatic carbocycles. The normalized spacial score (nSPS) is 22.9. The van der Waals surface area contributed by atoms with Gasteiger partial charge in [-0.05, 0) is 50.4 Å². The highest BCUT2D eigenvalue weighted by molar-refractivity contribution is 5.79. The minimum Gasteiger partial charge on any atom is -0.481 e. The van der Waals surface area contributed by atoms with Crippen molar-refractivity contribution in [1.29, 1.82) is 0 Å². The first-order valence-electron chi connectivity index (χ1n) is 15.7. The molecule has 4 heteroatoms. The molecule has 0 aliphatic heterocycles. The van der Waals surface area contributed by atoms with Crippen molar-refractivity contribution in [3.63, 3.8) is 0 Å². The molecular formula is C32H56O4. The molecule has 208 valence electrons. The number of carboxylic acid groups (broad SMARTS) is 1. The van der Waals surface area contributed by atoms with Gasteiger partial charge in [0.15, 0.2) is 0 Å². The highest BCUT2D eigenvalue weighted by Crippen LogP contribution is 2.41. The number of carbonyl (C=O) groups is 2. The molecule has 2 fully saturated rings. The third kappa shape index (κ3) is 13.8. The molecule has 2 saturated carbocycles. The van der Waals surface area contributed by atoms with E-state index in [0.29, 0.717) is 12.3 Å². The number of rotatable bonds is 20. The Hall–Kier alpha value is -1.32. The summed E-state index contributed by atoms with van der Waals surface area (Å²) < 4.78 is 5.73. The number of unbranched alkanes of at least 4 members (excludes halogenated alkanes) is 13. The maximum absolute atomic E-state index is 12.4. The summed E-state index contributed by atoms with van der Waals surface area (Å²) in [4.78, 5) is 24.1. The number of fused-ring (bicyclic) bond motifs is 1. The molecule has 0 heterocycles. The second-order valence-corrected chi connectivity index (χ2v) is 11.7. The first-order valence-corrected chi connectivity index (χ1v) is 15.7. The zero-order valence-corrected chi connectivity index (χ0v) is 23.4. The van der Waals surface area contributed by atoms with Crippen molar-refractivity contribution in [2.45, 2.75) is 161 Å². The monoisotopic (exact) mass is 504 g/mol. The van der Waals surface area contributed by atoms with Crippen LogP contribution in [0.1, 0.15) is 155 Å². The maximum Gasteiger partial charge on any atom is 0.307 e. The topological polar surface area (TPSA) is 63.6 Å². The van der Waals surface area contributed by atoms with E-state index in [2.05, 4.69) is 13.0 Å². The lowest BCUT2D eigenvalue weighted by Gasteiger charge is -2.38. The van der Waals surface area contributed by atoms with Crippen molar-refractivity contribution in [2.24, 2.45) is 17.8 Å². The molecule has 0 amide bonds. The molecule has 4 atom stereocenters. The molecule has 0 aromatic rings. The molecule has 4 unspecified atom stereocenters. The van der Waals surface area contributed by atoms with Crippen molar-refractivity contribution in [1.82, 2.24) is 0 Å². The van der Waals surface area contributed by atoms with Crippen molar-refractivity contribution < 1.29 is 19.4 Å². The van der Waals surface area contributed by atoms with E-state index in [4.69, 9.17) is 4.74 Å². The predicted octanol–water partition coefficient (Wildman–Crippen LogP) is 9.41. The average Bonchev–Trinajstić information content (AvgIpc) is 2.87. The zero-order valence-electron chi connectivity index (χ0n) is 23.4. The second-order valence-electron chi connectivity index (χ2n) is 11.7. The molecule has 0 spiro atoms. The van der Waals surface area contributed by atoms with Crippen LogP contribution in [0.4, 0.5) is 0 Å². The van der Waals surface area contributed by atoms with Gasteiger partial charge in [-0.15, -0.1) is 0 Å². The highest BCUT2D eigenvalue weighted by Gasteiger charge is 2.34. The van der Waals surface area contributed by atoms with Crippen LogP contribution in [0.15, 0.2) is 12.2 Å². The first kappa shape index (κ1) is 30.9. The van der Waals surface area contributed by atoms with Gasteiger partial charge in [-0.1, -0.05) is 122 Å². The van der Waals surface area contributed by atoms with Gasteiger partial charge in [0.05, 0.1) is 12.3 Å². The molecule has 36 heavy (non-hydrogen) atoms. The van der Waals surface area contributed by atoms with E-state index in [0.717, 1.165) is 38.0 Å². The van der Waals surface area contributed by atoms with Crippen molar-refractivity contribution in [2.75, 3.05) is 0 Å². The smallest absolute Gasteiger partial charge is 0.307 e. The second kappa shape index (κ2) is 19.7. The van der Waals surface area contributed by atoms with Crippen LogP contribution in [0.5, 0.6) is 0 Å². The van der Waals surface area contributed by atoms with Crippen LogP contribution >= 0.6 is 0 Å². The van der Waals surface area contributed by atoms with E-state index >= 15 is 0 Å². The van der Waals surface area contributed by atoms with Gasteiger partial charge >= 0.3 is 11.9 Å². The Kier molecular flexibility index (Phi) is 16.9. The van der Waals surface area contributed by atoms with Crippen LogP contribution in [-0.2, 0) is 14.3 Å². The number of allylic oxidation sites excluding steroid dienone is 2. The number of carbonyl (C=O) groups excluding carboxylic acids is 1. The molecule has 0 bridgehead atoms. The number of ether oxygens (including phenoxy) is 1. The van der Waals surface area contributed by atoms with Gasteiger partial charge < -0.3 is 9.84 Å². The Labute approximate surface area is 222 Å². The summed E-state index contributed by atoms with van der Waals surface area (Å²) in [6, 6.07) is 0. The Bertz CT molecular complexity index is 613. The molecule has 1 N–H and O–H groups in total. The zero-order chi connectivity index (χ0) is 25.8. The van der Waals surface area contributed by atoms with Crippen LogP contribution in [0.3, 0.4) is 0 Å². The Morgan fingerprint density at radius 2 is 1.36 bits per heavy atom. The van der Waals surface area contributed by atoms with Crippen LogP contribution in [0, 0.1) is 17.8 Å². The lowest BCUT2D eigenvalue weighted by molar-refractivity contribution is -0.157. The SMILES string of the molecule is CCCCCCCCCCCCCCCC=CCC(CC(=O)OC1CCC2CCCCC2C1)C(=O)O. The third-order valence-electron chi connectivity index (χ3n) is 8.61. The van der Waals surface area contributed by atoms with Gasteiger partial charge in [0.25, 0.3) is 0 Å². The molecule has 2 rings (SSSR count). The molecule has 0 aromatic heterocycles. The lowest BCUT2D eigenvalue weighted by Crippen LogP contribution is -2.33. The Morgan fingerprint density at radius 3 is 1.97 bits per heavy atom. The molecule has 2 aliphatic carbocycles. The summed E-state index contributed by atoms with van der Waals surface area (Å²) in [6.07, 6.45) is 31.4. The summed E-state index contributed by atoms with van der Waals surface area (Å²) in [5.74, 6) is -0.374. The number of hydrogen-bond donors (Lipinski definition) is 1. The summed E-state index contributed by atoms with van der Waals surface area (Å²) in [5, 5.41) is 9.57. The van der Waals surface area contributed by atoms with Gasteiger partial charge in [0, 0.05) is 0 Å².